The highest BCUT2D eigenvalue weighted by atomic mass is 16.6. The number of carbonyl (C=O) groups is 1. The number of rotatable bonds is 2. The molecule has 0 aromatic heterocycles. The largest absolute Gasteiger partial charge is 0.493 e. The van der Waals surface area contributed by atoms with Gasteiger partial charge in [0.1, 0.15) is 0 Å². The van der Waals surface area contributed by atoms with Crippen LogP contribution in [0.25, 0.3) is 6.08 Å². The highest BCUT2D eigenvalue weighted by Gasteiger charge is 2.37. The molecule has 0 radical (unpaired) electrons. The Hall–Kier alpha value is -2.17. The average molecular weight is 247 g/mol. The van der Waals surface area contributed by atoms with Crippen LogP contribution in [0.4, 0.5) is 4.79 Å². The summed E-state index contributed by atoms with van der Waals surface area (Å²) >= 11 is 0. The number of nitrogens with one attached hydrogen (secondary N) is 1. The predicted octanol–water partition coefficient (Wildman–Crippen LogP) is 1.88. The van der Waals surface area contributed by atoms with Gasteiger partial charge in [0.05, 0.1) is 20.3 Å². The van der Waals surface area contributed by atoms with E-state index in [1.807, 2.05) is 24.3 Å². The van der Waals surface area contributed by atoms with Crippen molar-refractivity contribution in [3.63, 3.8) is 0 Å². The van der Waals surface area contributed by atoms with E-state index in [0.717, 1.165) is 11.1 Å². The zero-order valence-corrected chi connectivity index (χ0v) is 10.1. The Labute approximate surface area is 104 Å². The number of hydrogen-bond acceptors (Lipinski definition) is 4. The van der Waals surface area contributed by atoms with E-state index < -0.39 is 6.09 Å². The highest BCUT2D eigenvalue weighted by molar-refractivity contribution is 5.74. The van der Waals surface area contributed by atoms with Gasteiger partial charge in [-0.3, -0.25) is 0 Å². The molecule has 94 valence electrons. The normalized spacial score (nSPS) is 23.8. The van der Waals surface area contributed by atoms with Crippen LogP contribution in [0.5, 0.6) is 11.5 Å². The van der Waals surface area contributed by atoms with Gasteiger partial charge in [-0.1, -0.05) is 12.2 Å². The lowest BCUT2D eigenvalue weighted by atomic mass is 9.91. The Morgan fingerprint density at radius 2 is 1.94 bits per heavy atom. The average Bonchev–Trinajstić information content (AvgIpc) is 2.77. The van der Waals surface area contributed by atoms with Crippen LogP contribution in [0.2, 0.25) is 0 Å². The molecule has 1 aliphatic heterocycles. The van der Waals surface area contributed by atoms with Crippen molar-refractivity contribution in [1.29, 1.82) is 0 Å². The fourth-order valence-corrected chi connectivity index (χ4v) is 2.35. The molecule has 0 bridgehead atoms. The number of alkyl carbamates (subject to hydrolysis) is 1. The summed E-state index contributed by atoms with van der Waals surface area (Å²) in [7, 11) is 3.18. The van der Waals surface area contributed by atoms with E-state index in [2.05, 4.69) is 5.32 Å². The summed E-state index contributed by atoms with van der Waals surface area (Å²) in [5.41, 5.74) is 1.91. The Balaban J connectivity index is 2.10. The maximum absolute atomic E-state index is 11.3. The first-order valence-corrected chi connectivity index (χ1v) is 5.64. The van der Waals surface area contributed by atoms with Gasteiger partial charge in [0.2, 0.25) is 0 Å². The molecule has 18 heavy (non-hydrogen) atoms. The van der Waals surface area contributed by atoms with E-state index in [-0.39, 0.29) is 12.1 Å². The standard InChI is InChI=1S/C13H13NO4/c1-16-10-5-7-3-4-9-12(18-13(15)14-9)8(7)6-11(10)17-2/h3-6,9,12H,1-2H3,(H,14,15)/t9-,12-/m1/s1. The molecule has 0 spiro atoms. The first kappa shape index (κ1) is 11.0. The molecule has 2 atom stereocenters. The van der Waals surface area contributed by atoms with Crippen molar-refractivity contribution in [3.8, 4) is 11.5 Å². The number of methoxy groups -OCH3 is 2. The van der Waals surface area contributed by atoms with Crippen molar-refractivity contribution in [2.24, 2.45) is 0 Å². The van der Waals surface area contributed by atoms with Crippen molar-refractivity contribution in [2.45, 2.75) is 12.1 Å². The van der Waals surface area contributed by atoms with Gasteiger partial charge in [0.15, 0.2) is 17.6 Å². The van der Waals surface area contributed by atoms with Crippen LogP contribution in [0.1, 0.15) is 17.2 Å². The van der Waals surface area contributed by atoms with Crippen molar-refractivity contribution in [3.05, 3.63) is 29.3 Å². The molecule has 5 nitrogen and oxygen atoms in total. The Bertz CT molecular complexity index is 538. The Morgan fingerprint density at radius 3 is 2.67 bits per heavy atom. The minimum atomic E-state index is -0.391. The van der Waals surface area contributed by atoms with E-state index in [0.29, 0.717) is 11.5 Å². The first-order chi connectivity index (χ1) is 8.72. The summed E-state index contributed by atoms with van der Waals surface area (Å²) < 4.78 is 15.8. The first-order valence-electron chi connectivity index (χ1n) is 5.64. The zero-order valence-electron chi connectivity index (χ0n) is 10.1. The van der Waals surface area contributed by atoms with Crippen LogP contribution < -0.4 is 14.8 Å². The minimum Gasteiger partial charge on any atom is -0.493 e. The third-order valence-electron chi connectivity index (χ3n) is 3.22. The van der Waals surface area contributed by atoms with Gasteiger partial charge in [-0.05, 0) is 17.7 Å². The monoisotopic (exact) mass is 247 g/mol. The molecule has 1 fully saturated rings. The van der Waals surface area contributed by atoms with Gasteiger partial charge >= 0.3 is 6.09 Å². The summed E-state index contributed by atoms with van der Waals surface area (Å²) in [4.78, 5) is 11.3. The second-order valence-electron chi connectivity index (χ2n) is 4.19. The lowest BCUT2D eigenvalue weighted by Gasteiger charge is -2.22. The topological polar surface area (TPSA) is 56.8 Å². The maximum atomic E-state index is 11.3. The van der Waals surface area contributed by atoms with E-state index in [1.165, 1.54) is 0 Å². The molecule has 1 saturated heterocycles. The third kappa shape index (κ3) is 1.51. The molecular weight excluding hydrogens is 234 g/mol. The number of fused-ring (bicyclic) bond motifs is 3. The van der Waals surface area contributed by atoms with Crippen LogP contribution in [0.3, 0.4) is 0 Å². The fraction of sp³-hybridized carbons (Fsp3) is 0.308. The Morgan fingerprint density at radius 1 is 1.22 bits per heavy atom. The van der Waals surface area contributed by atoms with Crippen LogP contribution in [-0.4, -0.2) is 26.4 Å². The molecule has 1 heterocycles. The van der Waals surface area contributed by atoms with Crippen LogP contribution in [0, 0.1) is 0 Å². The number of benzene rings is 1. The molecule has 1 aromatic carbocycles. The van der Waals surface area contributed by atoms with Gasteiger partial charge in [-0.25, -0.2) is 4.79 Å². The number of ether oxygens (including phenoxy) is 3. The fourth-order valence-electron chi connectivity index (χ4n) is 2.35. The van der Waals surface area contributed by atoms with Crippen LogP contribution >= 0.6 is 0 Å². The zero-order chi connectivity index (χ0) is 12.7. The predicted molar refractivity (Wildman–Crippen MR) is 64.7 cm³/mol. The molecule has 1 aromatic rings. The molecule has 1 amide bonds. The number of hydrogen-bond donors (Lipinski definition) is 1. The lowest BCUT2D eigenvalue weighted by molar-refractivity contribution is 0.135. The molecule has 3 rings (SSSR count). The molecule has 0 saturated carbocycles. The molecule has 5 heteroatoms. The second kappa shape index (κ2) is 3.94. The molecule has 1 N–H and O–H groups in total. The molecular formula is C13H13NO4. The van der Waals surface area contributed by atoms with E-state index in [9.17, 15) is 4.79 Å². The van der Waals surface area contributed by atoms with Gasteiger partial charge in [0.25, 0.3) is 0 Å². The lowest BCUT2D eigenvalue weighted by Crippen LogP contribution is -2.27. The Kier molecular flexibility index (Phi) is 2.40. The van der Waals surface area contributed by atoms with E-state index in [1.54, 1.807) is 14.2 Å². The summed E-state index contributed by atoms with van der Waals surface area (Å²) in [6, 6.07) is 3.63. The van der Waals surface area contributed by atoms with Crippen LogP contribution in [0.15, 0.2) is 18.2 Å². The molecule has 1 aliphatic carbocycles. The van der Waals surface area contributed by atoms with Gasteiger partial charge in [-0.2, -0.15) is 0 Å². The second-order valence-corrected chi connectivity index (χ2v) is 4.19. The maximum Gasteiger partial charge on any atom is 0.408 e. The van der Waals surface area contributed by atoms with E-state index >= 15 is 0 Å². The summed E-state index contributed by atoms with van der Waals surface area (Å²) in [6.07, 6.45) is 3.19. The quantitative estimate of drug-likeness (QED) is 0.867. The van der Waals surface area contributed by atoms with Crippen molar-refractivity contribution in [2.75, 3.05) is 14.2 Å². The molecule has 2 aliphatic rings. The van der Waals surface area contributed by atoms with Crippen LogP contribution in [-0.2, 0) is 4.74 Å². The highest BCUT2D eigenvalue weighted by Crippen LogP contribution is 2.40. The van der Waals surface area contributed by atoms with Crippen molar-refractivity contribution < 1.29 is 19.0 Å². The summed E-state index contributed by atoms with van der Waals surface area (Å²) in [6.45, 7) is 0. The van der Waals surface area contributed by atoms with Crippen molar-refractivity contribution >= 4 is 12.2 Å². The van der Waals surface area contributed by atoms with Crippen molar-refractivity contribution in [1.82, 2.24) is 5.32 Å². The minimum absolute atomic E-state index is 0.108. The molecule has 0 unspecified atom stereocenters. The number of amides is 1. The third-order valence-corrected chi connectivity index (χ3v) is 3.22. The summed E-state index contributed by atoms with van der Waals surface area (Å²) in [5.74, 6) is 1.30. The smallest absolute Gasteiger partial charge is 0.408 e. The SMILES string of the molecule is COc1cc2c(cc1OC)[C@H]1OC(=O)N[C@@H]1C=C2. The number of carbonyl (C=O) groups excluding carboxylic acids is 1. The van der Waals surface area contributed by atoms with E-state index in [4.69, 9.17) is 14.2 Å². The van der Waals surface area contributed by atoms with Gasteiger partial charge in [-0.15, -0.1) is 0 Å². The summed E-state index contributed by atoms with van der Waals surface area (Å²) in [5, 5.41) is 2.74. The van der Waals surface area contributed by atoms with Gasteiger partial charge < -0.3 is 19.5 Å². The van der Waals surface area contributed by atoms with Gasteiger partial charge in [0, 0.05) is 5.56 Å².